The minimum atomic E-state index is 0.168. The summed E-state index contributed by atoms with van der Waals surface area (Å²) in [6.45, 7) is 8.05. The summed E-state index contributed by atoms with van der Waals surface area (Å²) in [6, 6.07) is 8.24. The van der Waals surface area contributed by atoms with Crippen LogP contribution in [0.5, 0.6) is 0 Å². The maximum atomic E-state index is 11.8. The van der Waals surface area contributed by atoms with Gasteiger partial charge in [-0.05, 0) is 44.5 Å². The molecule has 1 aromatic heterocycles. The smallest absolute Gasteiger partial charge is 0.220 e. The zero-order valence-electron chi connectivity index (χ0n) is 14.2. The second-order valence-electron chi connectivity index (χ2n) is 5.66. The highest BCUT2D eigenvalue weighted by molar-refractivity contribution is 7.18. The van der Waals surface area contributed by atoms with Gasteiger partial charge in [0, 0.05) is 19.5 Å². The first-order chi connectivity index (χ1) is 11.2. The fourth-order valence-corrected chi connectivity index (χ4v) is 3.58. The molecule has 0 aliphatic rings. The largest absolute Gasteiger partial charge is 0.355 e. The topological polar surface area (TPSA) is 45.2 Å². The van der Waals surface area contributed by atoms with Crippen molar-refractivity contribution in [1.29, 1.82) is 0 Å². The van der Waals surface area contributed by atoms with Crippen LogP contribution in [0.4, 0.5) is 0 Å². The maximum Gasteiger partial charge on any atom is 0.220 e. The lowest BCUT2D eigenvalue weighted by molar-refractivity contribution is -0.121. The second kappa shape index (κ2) is 9.63. The Morgan fingerprint density at radius 3 is 2.74 bits per heavy atom. The van der Waals surface area contributed by atoms with Gasteiger partial charge in [-0.1, -0.05) is 26.0 Å². The molecule has 0 saturated carbocycles. The number of likely N-dealkylation sites (N-methyl/N-ethyl adjacent to an activating group) is 1. The zero-order valence-corrected chi connectivity index (χ0v) is 15.0. The van der Waals surface area contributed by atoms with Crippen molar-refractivity contribution in [2.45, 2.75) is 39.5 Å². The first kappa shape index (κ1) is 17.9. The van der Waals surface area contributed by atoms with Crippen molar-refractivity contribution >= 4 is 27.5 Å². The standard InChI is InChI=1S/C18H27N3OS/c1-3-21(4-2)14-13-19-17(22)11-7-8-12-18-20-15-9-5-6-10-16(15)23-18/h5-6,9-10H,3-4,7-8,11-14H2,1-2H3,(H,19,22). The number of carbonyl (C=O) groups is 1. The number of hydrogen-bond acceptors (Lipinski definition) is 4. The van der Waals surface area contributed by atoms with E-state index < -0.39 is 0 Å². The van der Waals surface area contributed by atoms with Crippen LogP contribution in [0.1, 0.15) is 38.1 Å². The van der Waals surface area contributed by atoms with Crippen LogP contribution in [0.15, 0.2) is 24.3 Å². The molecule has 2 aromatic rings. The van der Waals surface area contributed by atoms with E-state index in [9.17, 15) is 4.79 Å². The highest BCUT2D eigenvalue weighted by Crippen LogP contribution is 2.22. The molecule has 1 amide bonds. The molecule has 0 aliphatic heterocycles. The van der Waals surface area contributed by atoms with Crippen molar-refractivity contribution in [2.75, 3.05) is 26.2 Å². The molecule has 0 fully saturated rings. The van der Waals surface area contributed by atoms with Gasteiger partial charge in [-0.25, -0.2) is 4.98 Å². The highest BCUT2D eigenvalue weighted by Gasteiger charge is 2.05. The normalized spacial score (nSPS) is 11.3. The molecule has 126 valence electrons. The van der Waals surface area contributed by atoms with E-state index >= 15 is 0 Å². The number of fused-ring (bicyclic) bond motifs is 1. The van der Waals surface area contributed by atoms with Crippen LogP contribution in [0.3, 0.4) is 0 Å². The average molecular weight is 334 g/mol. The third kappa shape index (κ3) is 5.92. The number of amides is 1. The molecule has 1 aromatic carbocycles. The molecule has 0 aliphatic carbocycles. The van der Waals surface area contributed by atoms with E-state index in [0.29, 0.717) is 6.42 Å². The Kier molecular flexibility index (Phi) is 7.49. The summed E-state index contributed by atoms with van der Waals surface area (Å²) < 4.78 is 1.25. The first-order valence-electron chi connectivity index (χ1n) is 8.56. The highest BCUT2D eigenvalue weighted by atomic mass is 32.1. The summed E-state index contributed by atoms with van der Waals surface area (Å²) in [5, 5.41) is 4.18. The summed E-state index contributed by atoms with van der Waals surface area (Å²) in [6.07, 6.45) is 3.52. The number of hydrogen-bond donors (Lipinski definition) is 1. The van der Waals surface area contributed by atoms with Crippen molar-refractivity contribution in [3.05, 3.63) is 29.3 Å². The van der Waals surface area contributed by atoms with E-state index in [2.05, 4.69) is 41.2 Å². The Hall–Kier alpha value is -1.46. The summed E-state index contributed by atoms with van der Waals surface area (Å²) in [4.78, 5) is 18.8. The number of rotatable bonds is 10. The van der Waals surface area contributed by atoms with Gasteiger partial charge in [0.15, 0.2) is 0 Å². The van der Waals surface area contributed by atoms with Crippen molar-refractivity contribution in [1.82, 2.24) is 15.2 Å². The molecule has 5 heteroatoms. The number of benzene rings is 1. The fraction of sp³-hybridized carbons (Fsp3) is 0.556. The lowest BCUT2D eigenvalue weighted by Crippen LogP contribution is -2.34. The Bertz CT molecular complexity index is 574. The van der Waals surface area contributed by atoms with Crippen LogP contribution in [0.2, 0.25) is 0 Å². The molecule has 0 bridgehead atoms. The average Bonchev–Trinajstić information content (AvgIpc) is 2.98. The Morgan fingerprint density at radius 2 is 2.00 bits per heavy atom. The lowest BCUT2D eigenvalue weighted by atomic mass is 10.2. The number of nitrogens with one attached hydrogen (secondary N) is 1. The van der Waals surface area contributed by atoms with Gasteiger partial charge in [-0.15, -0.1) is 11.3 Å². The summed E-state index contributed by atoms with van der Waals surface area (Å²) in [5.41, 5.74) is 1.08. The van der Waals surface area contributed by atoms with Gasteiger partial charge < -0.3 is 10.2 Å². The van der Waals surface area contributed by atoms with Gasteiger partial charge in [0.25, 0.3) is 0 Å². The third-order valence-electron chi connectivity index (χ3n) is 4.03. The van der Waals surface area contributed by atoms with Crippen LogP contribution in [-0.2, 0) is 11.2 Å². The molecule has 2 rings (SSSR count). The molecule has 0 unspecified atom stereocenters. The van der Waals surface area contributed by atoms with E-state index in [1.165, 1.54) is 9.71 Å². The number of para-hydroxylation sites is 1. The van der Waals surface area contributed by atoms with Crippen LogP contribution < -0.4 is 5.32 Å². The van der Waals surface area contributed by atoms with Crippen LogP contribution in [0, 0.1) is 0 Å². The Balaban J connectivity index is 1.60. The van der Waals surface area contributed by atoms with Crippen molar-refractivity contribution in [2.24, 2.45) is 0 Å². The molecular weight excluding hydrogens is 306 g/mol. The molecule has 0 saturated heterocycles. The van der Waals surface area contributed by atoms with E-state index in [1.54, 1.807) is 11.3 Å². The molecule has 0 atom stereocenters. The number of aryl methyl sites for hydroxylation is 1. The van der Waals surface area contributed by atoms with Crippen molar-refractivity contribution < 1.29 is 4.79 Å². The predicted molar refractivity (Wildman–Crippen MR) is 98.0 cm³/mol. The van der Waals surface area contributed by atoms with Crippen LogP contribution in [0.25, 0.3) is 10.2 Å². The quantitative estimate of drug-likeness (QED) is 0.677. The molecule has 1 N–H and O–H groups in total. The second-order valence-corrected chi connectivity index (χ2v) is 6.77. The van der Waals surface area contributed by atoms with Crippen LogP contribution in [-0.4, -0.2) is 42.0 Å². The first-order valence-corrected chi connectivity index (χ1v) is 9.38. The number of nitrogens with zero attached hydrogens (tertiary/aromatic N) is 2. The van der Waals surface area contributed by atoms with Crippen molar-refractivity contribution in [3.8, 4) is 0 Å². The van der Waals surface area contributed by atoms with E-state index in [1.807, 2.05) is 12.1 Å². The monoisotopic (exact) mass is 333 g/mol. The number of thiazole rings is 1. The number of carbonyl (C=O) groups excluding carboxylic acids is 1. The fourth-order valence-electron chi connectivity index (χ4n) is 2.57. The van der Waals surface area contributed by atoms with Crippen LogP contribution >= 0.6 is 11.3 Å². The molecule has 0 radical (unpaired) electrons. The van der Waals surface area contributed by atoms with Gasteiger partial charge in [0.2, 0.25) is 5.91 Å². The zero-order chi connectivity index (χ0) is 16.5. The molecule has 4 nitrogen and oxygen atoms in total. The lowest BCUT2D eigenvalue weighted by Gasteiger charge is -2.17. The number of unbranched alkanes of at least 4 members (excludes halogenated alkanes) is 1. The van der Waals surface area contributed by atoms with E-state index in [0.717, 1.165) is 51.0 Å². The van der Waals surface area contributed by atoms with Gasteiger partial charge >= 0.3 is 0 Å². The van der Waals surface area contributed by atoms with Gasteiger partial charge in [0.1, 0.15) is 0 Å². The number of aromatic nitrogens is 1. The molecule has 1 heterocycles. The minimum absolute atomic E-state index is 0.168. The van der Waals surface area contributed by atoms with Gasteiger partial charge in [-0.3, -0.25) is 4.79 Å². The van der Waals surface area contributed by atoms with E-state index in [-0.39, 0.29) is 5.91 Å². The van der Waals surface area contributed by atoms with Gasteiger partial charge in [0.05, 0.1) is 15.2 Å². The summed E-state index contributed by atoms with van der Waals surface area (Å²) >= 11 is 1.76. The Labute approximate surface area is 142 Å². The Morgan fingerprint density at radius 1 is 1.22 bits per heavy atom. The SMILES string of the molecule is CCN(CC)CCNC(=O)CCCCc1nc2ccccc2s1. The third-order valence-corrected chi connectivity index (χ3v) is 5.12. The summed E-state index contributed by atoms with van der Waals surface area (Å²) in [7, 11) is 0. The molecule has 0 spiro atoms. The maximum absolute atomic E-state index is 11.8. The molecule has 23 heavy (non-hydrogen) atoms. The van der Waals surface area contributed by atoms with E-state index in [4.69, 9.17) is 0 Å². The predicted octanol–water partition coefficient (Wildman–Crippen LogP) is 3.47. The molecular formula is C18H27N3OS. The van der Waals surface area contributed by atoms with Crippen molar-refractivity contribution in [3.63, 3.8) is 0 Å². The summed E-state index contributed by atoms with van der Waals surface area (Å²) in [5.74, 6) is 0.168. The van der Waals surface area contributed by atoms with Gasteiger partial charge in [-0.2, -0.15) is 0 Å². The minimum Gasteiger partial charge on any atom is -0.355 e.